The zero-order chi connectivity index (χ0) is 14.8. The fourth-order valence-electron chi connectivity index (χ4n) is 2.23. The Bertz CT molecular complexity index is 676. The van der Waals surface area contributed by atoms with Crippen LogP contribution in [0.1, 0.15) is 15.9 Å². The minimum atomic E-state index is -0.536. The van der Waals surface area contributed by atoms with Crippen molar-refractivity contribution in [1.29, 1.82) is 0 Å². The first-order chi connectivity index (χ1) is 10.2. The highest BCUT2D eigenvalue weighted by atomic mass is 32.2. The van der Waals surface area contributed by atoms with Gasteiger partial charge in [0.15, 0.2) is 0 Å². The van der Waals surface area contributed by atoms with Gasteiger partial charge in [-0.15, -0.1) is 0 Å². The molecule has 0 radical (unpaired) electrons. The summed E-state index contributed by atoms with van der Waals surface area (Å²) >= 11 is 1.66. The van der Waals surface area contributed by atoms with Gasteiger partial charge in [-0.25, -0.2) is 9.87 Å². The van der Waals surface area contributed by atoms with Crippen LogP contribution in [-0.4, -0.2) is 16.5 Å². The molecule has 0 saturated carbocycles. The lowest BCUT2D eigenvalue weighted by atomic mass is 10.1. The van der Waals surface area contributed by atoms with E-state index in [1.165, 1.54) is 12.1 Å². The van der Waals surface area contributed by atoms with Crippen LogP contribution in [0.25, 0.3) is 0 Å². The number of thioether (sulfide) groups is 1. The van der Waals surface area contributed by atoms with Crippen molar-refractivity contribution in [3.8, 4) is 0 Å². The summed E-state index contributed by atoms with van der Waals surface area (Å²) in [5.74, 6) is -0.777. The third kappa shape index (κ3) is 3.01. The molecule has 1 atom stereocenters. The van der Waals surface area contributed by atoms with Crippen molar-refractivity contribution >= 4 is 23.4 Å². The standard InChI is InChI=1S/C15H13FN2O2S/c16-11-4-1-9(2-5-11)7-14-17-12-8-10(15(19)18-20)3-6-13(12)21-14/h1-6,8,14,17,20H,7H2,(H,18,19). The summed E-state index contributed by atoms with van der Waals surface area (Å²) < 4.78 is 12.9. The molecular weight excluding hydrogens is 291 g/mol. The second-order valence-corrected chi connectivity index (χ2v) is 5.98. The van der Waals surface area contributed by atoms with Gasteiger partial charge in [0, 0.05) is 22.6 Å². The SMILES string of the molecule is O=C(NO)c1ccc2c(c1)NC(Cc1ccc(F)cc1)S2. The minimum Gasteiger partial charge on any atom is -0.372 e. The van der Waals surface area contributed by atoms with Gasteiger partial charge < -0.3 is 5.32 Å². The van der Waals surface area contributed by atoms with Crippen molar-refractivity contribution in [3.63, 3.8) is 0 Å². The third-order valence-corrected chi connectivity index (χ3v) is 4.44. The lowest BCUT2D eigenvalue weighted by Gasteiger charge is -2.10. The second kappa shape index (κ2) is 5.75. The van der Waals surface area contributed by atoms with Crippen LogP contribution in [0, 0.1) is 5.82 Å². The quantitative estimate of drug-likeness (QED) is 0.602. The van der Waals surface area contributed by atoms with E-state index in [0.717, 1.165) is 22.6 Å². The molecule has 2 aromatic rings. The van der Waals surface area contributed by atoms with Gasteiger partial charge in [-0.3, -0.25) is 10.0 Å². The number of benzene rings is 2. The van der Waals surface area contributed by atoms with Crippen LogP contribution in [0.2, 0.25) is 0 Å². The molecule has 0 fully saturated rings. The molecule has 0 bridgehead atoms. The number of halogens is 1. The molecule has 0 aromatic heterocycles. The predicted molar refractivity (Wildman–Crippen MR) is 79.1 cm³/mol. The summed E-state index contributed by atoms with van der Waals surface area (Å²) in [7, 11) is 0. The van der Waals surface area contributed by atoms with Crippen LogP contribution in [0.3, 0.4) is 0 Å². The normalized spacial score (nSPS) is 16.2. The van der Waals surface area contributed by atoms with E-state index in [4.69, 9.17) is 5.21 Å². The summed E-state index contributed by atoms with van der Waals surface area (Å²) in [5.41, 5.74) is 3.93. The van der Waals surface area contributed by atoms with Crippen molar-refractivity contribution in [1.82, 2.24) is 5.48 Å². The highest BCUT2D eigenvalue weighted by Gasteiger charge is 2.22. The van der Waals surface area contributed by atoms with Crippen LogP contribution >= 0.6 is 11.8 Å². The number of carbonyl (C=O) groups is 1. The average molecular weight is 304 g/mol. The van der Waals surface area contributed by atoms with Gasteiger partial charge in [-0.05, 0) is 35.9 Å². The Labute approximate surface area is 125 Å². The zero-order valence-electron chi connectivity index (χ0n) is 11.0. The molecule has 1 aliphatic rings. The summed E-state index contributed by atoms with van der Waals surface area (Å²) in [6.45, 7) is 0. The predicted octanol–water partition coefficient (Wildman–Crippen LogP) is 3.03. The van der Waals surface area contributed by atoms with Crippen LogP contribution in [0.15, 0.2) is 47.4 Å². The molecule has 3 N–H and O–H groups in total. The first-order valence-corrected chi connectivity index (χ1v) is 7.30. The molecule has 1 unspecified atom stereocenters. The van der Waals surface area contributed by atoms with Crippen LogP contribution in [-0.2, 0) is 6.42 Å². The highest BCUT2D eigenvalue weighted by molar-refractivity contribution is 8.00. The van der Waals surface area contributed by atoms with Gasteiger partial charge in [-0.2, -0.15) is 0 Å². The molecule has 0 aliphatic carbocycles. The van der Waals surface area contributed by atoms with Crippen molar-refractivity contribution < 1.29 is 14.4 Å². The smallest absolute Gasteiger partial charge is 0.274 e. The maximum atomic E-state index is 12.9. The number of hydroxylamine groups is 1. The monoisotopic (exact) mass is 304 g/mol. The third-order valence-electron chi connectivity index (χ3n) is 3.26. The van der Waals surface area contributed by atoms with E-state index >= 15 is 0 Å². The molecule has 1 heterocycles. The van der Waals surface area contributed by atoms with Gasteiger partial charge in [0.25, 0.3) is 5.91 Å². The Hall–Kier alpha value is -2.05. The molecule has 6 heteroatoms. The Morgan fingerprint density at radius 2 is 2.05 bits per heavy atom. The Kier molecular flexibility index (Phi) is 3.81. The van der Waals surface area contributed by atoms with E-state index in [2.05, 4.69) is 5.32 Å². The summed E-state index contributed by atoms with van der Waals surface area (Å²) in [6.07, 6.45) is 0.751. The number of anilines is 1. The first-order valence-electron chi connectivity index (χ1n) is 6.42. The molecule has 4 nitrogen and oxygen atoms in total. The van der Waals surface area contributed by atoms with E-state index in [9.17, 15) is 9.18 Å². The topological polar surface area (TPSA) is 61.4 Å². The first kappa shape index (κ1) is 13.9. The molecule has 2 aromatic carbocycles. The van der Waals surface area contributed by atoms with Crippen LogP contribution in [0.4, 0.5) is 10.1 Å². The van der Waals surface area contributed by atoms with Crippen molar-refractivity contribution in [2.45, 2.75) is 16.7 Å². The molecule has 1 amide bonds. The van der Waals surface area contributed by atoms with Crippen molar-refractivity contribution in [2.24, 2.45) is 0 Å². The van der Waals surface area contributed by atoms with Gasteiger partial charge in [0.2, 0.25) is 0 Å². The van der Waals surface area contributed by atoms with Gasteiger partial charge >= 0.3 is 0 Å². The van der Waals surface area contributed by atoms with Crippen molar-refractivity contribution in [3.05, 3.63) is 59.4 Å². The minimum absolute atomic E-state index is 0.137. The fourth-order valence-corrected chi connectivity index (χ4v) is 3.39. The number of hydrogen-bond acceptors (Lipinski definition) is 4. The number of nitrogens with one attached hydrogen (secondary N) is 2. The Morgan fingerprint density at radius 1 is 1.29 bits per heavy atom. The van der Waals surface area contributed by atoms with E-state index in [-0.39, 0.29) is 11.2 Å². The van der Waals surface area contributed by atoms with Crippen LogP contribution < -0.4 is 10.8 Å². The van der Waals surface area contributed by atoms with Crippen molar-refractivity contribution in [2.75, 3.05) is 5.32 Å². The summed E-state index contributed by atoms with van der Waals surface area (Å²) in [4.78, 5) is 12.4. The van der Waals surface area contributed by atoms with Gasteiger partial charge in [0.05, 0.1) is 5.37 Å². The van der Waals surface area contributed by atoms with E-state index < -0.39 is 5.91 Å². The summed E-state index contributed by atoms with van der Waals surface area (Å²) in [5, 5.41) is 12.1. The van der Waals surface area contributed by atoms with E-state index in [1.54, 1.807) is 41.5 Å². The van der Waals surface area contributed by atoms with Crippen LogP contribution in [0.5, 0.6) is 0 Å². The molecule has 108 valence electrons. The molecule has 0 spiro atoms. The molecule has 21 heavy (non-hydrogen) atoms. The van der Waals surface area contributed by atoms with Gasteiger partial charge in [-0.1, -0.05) is 23.9 Å². The number of amides is 1. The number of rotatable bonds is 3. The molecule has 0 saturated heterocycles. The molecule has 3 rings (SSSR count). The maximum Gasteiger partial charge on any atom is 0.274 e. The number of fused-ring (bicyclic) bond motifs is 1. The van der Waals surface area contributed by atoms with E-state index in [0.29, 0.717) is 5.56 Å². The fraction of sp³-hybridized carbons (Fsp3) is 0.133. The molecule has 1 aliphatic heterocycles. The summed E-state index contributed by atoms with van der Waals surface area (Å²) in [6, 6.07) is 11.7. The van der Waals surface area contributed by atoms with Gasteiger partial charge in [0.1, 0.15) is 5.82 Å². The zero-order valence-corrected chi connectivity index (χ0v) is 11.8. The highest BCUT2D eigenvalue weighted by Crippen LogP contribution is 2.40. The average Bonchev–Trinajstić information content (AvgIpc) is 2.90. The Balaban J connectivity index is 1.72. The lowest BCUT2D eigenvalue weighted by molar-refractivity contribution is 0.0706. The Morgan fingerprint density at radius 3 is 2.76 bits per heavy atom. The lowest BCUT2D eigenvalue weighted by Crippen LogP contribution is -2.18. The number of carbonyl (C=O) groups excluding carboxylic acids is 1. The molecular formula is C15H13FN2O2S. The largest absolute Gasteiger partial charge is 0.372 e. The second-order valence-electron chi connectivity index (χ2n) is 4.73. The number of hydrogen-bond donors (Lipinski definition) is 3. The maximum absolute atomic E-state index is 12.9. The van der Waals surface area contributed by atoms with E-state index in [1.807, 2.05) is 6.07 Å².